The molecule has 1 atom stereocenters. The van der Waals surface area contributed by atoms with Crippen LogP contribution in [0.15, 0.2) is 48.5 Å². The molecule has 4 nitrogen and oxygen atoms in total. The smallest absolute Gasteiger partial charge is 0.242 e. The van der Waals surface area contributed by atoms with Gasteiger partial charge < -0.3 is 10.2 Å². The lowest BCUT2D eigenvalue weighted by atomic mass is 10.1. The van der Waals surface area contributed by atoms with Crippen molar-refractivity contribution >= 4 is 35.2 Å². The van der Waals surface area contributed by atoms with E-state index in [1.54, 1.807) is 22.7 Å². The van der Waals surface area contributed by atoms with E-state index in [2.05, 4.69) is 30.4 Å². The van der Waals surface area contributed by atoms with Crippen LogP contribution in [0.2, 0.25) is 5.02 Å². The highest BCUT2D eigenvalue weighted by atomic mass is 35.5. The summed E-state index contributed by atoms with van der Waals surface area (Å²) in [7, 11) is 0. The Labute approximate surface area is 183 Å². The highest BCUT2D eigenvalue weighted by Crippen LogP contribution is 2.21. The minimum absolute atomic E-state index is 0.0549. The Kier molecular flexibility index (Phi) is 9.55. The Bertz CT molecular complexity index is 828. The highest BCUT2D eigenvalue weighted by Gasteiger charge is 2.28. The molecule has 2 amide bonds. The summed E-state index contributed by atoms with van der Waals surface area (Å²) in [5, 5.41) is 3.45. The van der Waals surface area contributed by atoms with E-state index in [9.17, 15) is 9.59 Å². The molecule has 0 aliphatic heterocycles. The van der Waals surface area contributed by atoms with Crippen LogP contribution in [0.1, 0.15) is 37.0 Å². The van der Waals surface area contributed by atoms with Crippen molar-refractivity contribution in [3.05, 3.63) is 70.2 Å². The number of hydrogen-bond acceptors (Lipinski definition) is 3. The maximum Gasteiger partial charge on any atom is 0.242 e. The summed E-state index contributed by atoms with van der Waals surface area (Å²) >= 11 is 7.88. The average Bonchev–Trinajstić information content (AvgIpc) is 2.69. The summed E-state index contributed by atoms with van der Waals surface area (Å²) in [5.74, 6) is 0.888. The average molecular weight is 433 g/mol. The minimum atomic E-state index is -0.515. The number of aryl methyl sites for hydroxylation is 1. The molecule has 0 saturated heterocycles. The molecule has 2 rings (SSSR count). The Morgan fingerprint density at radius 1 is 1.14 bits per heavy atom. The van der Waals surface area contributed by atoms with Gasteiger partial charge in [0.15, 0.2) is 0 Å². The molecule has 2 aromatic carbocycles. The van der Waals surface area contributed by atoms with E-state index >= 15 is 0 Å². The molecule has 0 saturated carbocycles. The molecule has 0 bridgehead atoms. The first-order chi connectivity index (χ1) is 14.0. The van der Waals surface area contributed by atoms with Crippen LogP contribution in [0.4, 0.5) is 0 Å². The molecule has 0 aliphatic rings. The highest BCUT2D eigenvalue weighted by molar-refractivity contribution is 7.99. The van der Waals surface area contributed by atoms with E-state index in [0.717, 1.165) is 11.3 Å². The topological polar surface area (TPSA) is 49.4 Å². The molecule has 0 fully saturated rings. The van der Waals surface area contributed by atoms with E-state index in [4.69, 9.17) is 11.6 Å². The largest absolute Gasteiger partial charge is 0.355 e. The Morgan fingerprint density at radius 2 is 1.90 bits per heavy atom. The second-order valence-corrected chi connectivity index (χ2v) is 8.31. The fraction of sp³-hybridized carbons (Fsp3) is 0.391. The van der Waals surface area contributed by atoms with E-state index < -0.39 is 6.04 Å². The Balaban J connectivity index is 2.12. The molecule has 1 N–H and O–H groups in total. The zero-order valence-corrected chi connectivity index (χ0v) is 18.9. The molecular weight excluding hydrogens is 404 g/mol. The van der Waals surface area contributed by atoms with Gasteiger partial charge in [-0.3, -0.25) is 9.59 Å². The number of amides is 2. The first-order valence-electron chi connectivity index (χ1n) is 9.90. The van der Waals surface area contributed by atoms with Crippen molar-refractivity contribution in [1.29, 1.82) is 0 Å². The minimum Gasteiger partial charge on any atom is -0.355 e. The zero-order valence-electron chi connectivity index (χ0n) is 17.3. The van der Waals surface area contributed by atoms with E-state index in [1.165, 1.54) is 11.1 Å². The monoisotopic (exact) mass is 432 g/mol. The summed E-state index contributed by atoms with van der Waals surface area (Å²) in [5.41, 5.74) is 3.24. The van der Waals surface area contributed by atoms with Gasteiger partial charge in [0, 0.05) is 23.9 Å². The lowest BCUT2D eigenvalue weighted by Crippen LogP contribution is -2.49. The third kappa shape index (κ3) is 7.09. The van der Waals surface area contributed by atoms with Crippen LogP contribution in [0, 0.1) is 6.92 Å². The number of hydrogen-bond donors (Lipinski definition) is 1. The van der Waals surface area contributed by atoms with Gasteiger partial charge in [-0.25, -0.2) is 0 Å². The Hall–Kier alpha value is -1.98. The molecule has 0 aliphatic carbocycles. The SMILES string of the molecule is CCNC(=O)C(CC)N(Cc1ccccc1Cl)C(=O)CSCc1cccc(C)c1. The van der Waals surface area contributed by atoms with Crippen molar-refractivity contribution in [2.45, 2.75) is 45.5 Å². The van der Waals surface area contributed by atoms with Crippen molar-refractivity contribution in [2.75, 3.05) is 12.3 Å². The number of carbonyl (C=O) groups excluding carboxylic acids is 2. The number of nitrogens with zero attached hydrogens (tertiary/aromatic N) is 1. The molecule has 2 aromatic rings. The number of thioether (sulfide) groups is 1. The summed E-state index contributed by atoms with van der Waals surface area (Å²) in [4.78, 5) is 27.4. The normalized spacial score (nSPS) is 11.7. The predicted octanol–water partition coefficient (Wildman–Crippen LogP) is 4.83. The van der Waals surface area contributed by atoms with Crippen molar-refractivity contribution in [3.63, 3.8) is 0 Å². The number of halogens is 1. The number of carbonyl (C=O) groups is 2. The van der Waals surface area contributed by atoms with Crippen LogP contribution in [-0.4, -0.2) is 35.1 Å². The quantitative estimate of drug-likeness (QED) is 0.585. The Morgan fingerprint density at radius 3 is 2.55 bits per heavy atom. The first-order valence-corrected chi connectivity index (χ1v) is 11.4. The fourth-order valence-electron chi connectivity index (χ4n) is 3.16. The van der Waals surface area contributed by atoms with Crippen molar-refractivity contribution < 1.29 is 9.59 Å². The third-order valence-corrected chi connectivity index (χ3v) is 5.97. The third-order valence-electron chi connectivity index (χ3n) is 4.61. The summed E-state index contributed by atoms with van der Waals surface area (Å²) < 4.78 is 0. The maximum absolute atomic E-state index is 13.1. The van der Waals surface area contributed by atoms with Gasteiger partial charge in [0.05, 0.1) is 5.75 Å². The van der Waals surface area contributed by atoms with Gasteiger partial charge in [0.25, 0.3) is 0 Å². The summed E-state index contributed by atoms with van der Waals surface area (Å²) in [6, 6.07) is 15.2. The second kappa shape index (κ2) is 11.9. The van der Waals surface area contributed by atoms with Gasteiger partial charge >= 0.3 is 0 Å². The van der Waals surface area contributed by atoms with Gasteiger partial charge in [-0.2, -0.15) is 0 Å². The lowest BCUT2D eigenvalue weighted by molar-refractivity contribution is -0.139. The van der Waals surface area contributed by atoms with Crippen molar-refractivity contribution in [1.82, 2.24) is 10.2 Å². The van der Waals surface area contributed by atoms with Crippen molar-refractivity contribution in [3.8, 4) is 0 Å². The van der Waals surface area contributed by atoms with Crippen LogP contribution in [-0.2, 0) is 21.9 Å². The number of likely N-dealkylation sites (N-methyl/N-ethyl adjacent to an activating group) is 1. The summed E-state index contributed by atoms with van der Waals surface area (Å²) in [6.07, 6.45) is 0.546. The van der Waals surface area contributed by atoms with Gasteiger partial charge in [0.1, 0.15) is 6.04 Å². The molecule has 6 heteroatoms. The molecule has 0 heterocycles. The van der Waals surface area contributed by atoms with Crippen LogP contribution < -0.4 is 5.32 Å². The second-order valence-electron chi connectivity index (χ2n) is 6.91. The first kappa shape index (κ1) is 23.3. The van der Waals surface area contributed by atoms with Gasteiger partial charge in [0.2, 0.25) is 11.8 Å². The fourth-order valence-corrected chi connectivity index (χ4v) is 4.22. The van der Waals surface area contributed by atoms with Crippen molar-refractivity contribution in [2.24, 2.45) is 0 Å². The van der Waals surface area contributed by atoms with E-state index in [1.807, 2.05) is 38.1 Å². The van der Waals surface area contributed by atoms with Gasteiger partial charge in [-0.05, 0) is 37.5 Å². The maximum atomic E-state index is 13.1. The summed E-state index contributed by atoms with van der Waals surface area (Å²) in [6.45, 7) is 6.71. The molecule has 29 heavy (non-hydrogen) atoms. The molecule has 1 unspecified atom stereocenters. The molecule has 0 radical (unpaired) electrons. The standard InChI is InChI=1S/C23H29ClN2O2S/c1-4-21(23(28)25-5-2)26(14-19-11-6-7-12-20(19)24)22(27)16-29-15-18-10-8-9-17(3)13-18/h6-13,21H,4-5,14-16H2,1-3H3,(H,25,28). The van der Waals surface area contributed by atoms with Gasteiger partial charge in [-0.15, -0.1) is 11.8 Å². The molecular formula is C23H29ClN2O2S. The number of nitrogens with one attached hydrogen (secondary N) is 1. The number of rotatable bonds is 10. The lowest BCUT2D eigenvalue weighted by Gasteiger charge is -2.30. The van der Waals surface area contributed by atoms with Crippen LogP contribution in [0.3, 0.4) is 0 Å². The zero-order chi connectivity index (χ0) is 21.2. The van der Waals surface area contributed by atoms with Crippen LogP contribution >= 0.6 is 23.4 Å². The van der Waals surface area contributed by atoms with E-state index in [-0.39, 0.29) is 11.8 Å². The predicted molar refractivity (Wildman–Crippen MR) is 122 cm³/mol. The molecule has 0 spiro atoms. The molecule has 156 valence electrons. The van der Waals surface area contributed by atoms with Crippen LogP contribution in [0.5, 0.6) is 0 Å². The number of benzene rings is 2. The van der Waals surface area contributed by atoms with Gasteiger partial charge in [-0.1, -0.05) is 66.6 Å². The van der Waals surface area contributed by atoms with Crippen LogP contribution in [0.25, 0.3) is 0 Å². The van der Waals surface area contributed by atoms with E-state index in [0.29, 0.717) is 30.3 Å². The molecule has 0 aromatic heterocycles.